The summed E-state index contributed by atoms with van der Waals surface area (Å²) >= 11 is 7.08. The van der Waals surface area contributed by atoms with Gasteiger partial charge in [-0.05, 0) is 48.5 Å². The molecule has 1 atom stereocenters. The number of rotatable bonds is 5. The number of carbonyl (C=O) groups is 1. The first-order valence-electron chi connectivity index (χ1n) is 9.55. The van der Waals surface area contributed by atoms with Crippen LogP contribution in [0.15, 0.2) is 58.1 Å². The molecule has 0 saturated heterocycles. The number of carbonyl (C=O) groups excluding carboxylic acids is 1. The van der Waals surface area contributed by atoms with Crippen LogP contribution in [0.1, 0.15) is 21.3 Å². The summed E-state index contributed by atoms with van der Waals surface area (Å²) in [7, 11) is 1.52. The highest BCUT2D eigenvalue weighted by Crippen LogP contribution is 2.27. The van der Waals surface area contributed by atoms with Crippen LogP contribution in [0.4, 0.5) is 10.1 Å². The third kappa shape index (κ3) is 4.24. The summed E-state index contributed by atoms with van der Waals surface area (Å²) in [6, 6.07) is 12.5. The van der Waals surface area contributed by atoms with Crippen LogP contribution in [0.25, 0.3) is 16.6 Å². The molecule has 0 saturated carbocycles. The van der Waals surface area contributed by atoms with Crippen molar-refractivity contribution in [1.29, 1.82) is 5.26 Å². The maximum atomic E-state index is 14.2. The van der Waals surface area contributed by atoms with Crippen LogP contribution in [0.2, 0.25) is 4.34 Å². The van der Waals surface area contributed by atoms with Crippen LogP contribution in [-0.2, 0) is 0 Å². The van der Waals surface area contributed by atoms with Gasteiger partial charge >= 0.3 is 5.69 Å². The van der Waals surface area contributed by atoms with Crippen molar-refractivity contribution in [3.8, 4) is 11.8 Å². The lowest BCUT2D eigenvalue weighted by Gasteiger charge is -2.11. The number of thiophene rings is 1. The molecule has 2 aromatic carbocycles. The fraction of sp³-hybridized carbons (Fsp3) is 0.0909. The molecule has 4 aromatic rings. The Bertz CT molecular complexity index is 1540. The van der Waals surface area contributed by atoms with Gasteiger partial charge in [0.2, 0.25) is 0 Å². The minimum atomic E-state index is -0.877. The fourth-order valence-corrected chi connectivity index (χ4v) is 4.35. The molecule has 0 radical (unpaired) electrons. The van der Waals surface area contributed by atoms with Crippen molar-refractivity contribution >= 4 is 45.4 Å². The number of anilines is 1. The lowest BCUT2D eigenvalue weighted by Crippen LogP contribution is -2.33. The third-order valence-corrected chi connectivity index (χ3v) is 6.22. The number of H-pyrrole nitrogens is 1. The second kappa shape index (κ2) is 8.90. The second-order valence-electron chi connectivity index (χ2n) is 6.92. The number of benzene rings is 2. The van der Waals surface area contributed by atoms with Crippen LogP contribution in [-0.4, -0.2) is 22.5 Å². The van der Waals surface area contributed by atoms with Gasteiger partial charge in [-0.1, -0.05) is 11.6 Å². The number of aromatic nitrogens is 2. The SMILES string of the molecule is CNc1cc2[nH]c(=O)n(-c3ccc(C(=O)NC(C#N)c4ccc(Cl)s4)cc3)c(=O)c2cc1F. The first kappa shape index (κ1) is 22.3. The van der Waals surface area contributed by atoms with Gasteiger partial charge in [0.15, 0.2) is 6.04 Å². The Morgan fingerprint density at radius 1 is 1.21 bits per heavy atom. The number of nitriles is 1. The molecule has 2 aromatic heterocycles. The van der Waals surface area contributed by atoms with E-state index in [1.807, 2.05) is 6.07 Å². The monoisotopic (exact) mass is 483 g/mol. The van der Waals surface area contributed by atoms with E-state index in [-0.39, 0.29) is 27.8 Å². The highest BCUT2D eigenvalue weighted by atomic mass is 35.5. The zero-order chi connectivity index (χ0) is 23.7. The Balaban J connectivity index is 1.65. The number of fused-ring (bicyclic) bond motifs is 1. The number of hydrogen-bond donors (Lipinski definition) is 3. The molecule has 1 amide bonds. The van der Waals surface area contributed by atoms with Crippen molar-refractivity contribution < 1.29 is 9.18 Å². The molecular weight excluding hydrogens is 469 g/mol. The molecule has 11 heteroatoms. The predicted molar refractivity (Wildman–Crippen MR) is 125 cm³/mol. The Morgan fingerprint density at radius 2 is 1.94 bits per heavy atom. The first-order valence-corrected chi connectivity index (χ1v) is 10.7. The fourth-order valence-electron chi connectivity index (χ4n) is 3.29. The van der Waals surface area contributed by atoms with E-state index in [0.717, 1.165) is 10.6 Å². The van der Waals surface area contributed by atoms with Gasteiger partial charge in [-0.25, -0.2) is 13.8 Å². The number of nitrogens with one attached hydrogen (secondary N) is 3. The predicted octanol–water partition coefficient (Wildman–Crippen LogP) is 3.57. The maximum Gasteiger partial charge on any atom is 0.333 e. The molecule has 8 nitrogen and oxygen atoms in total. The zero-order valence-electron chi connectivity index (χ0n) is 17.0. The van der Waals surface area contributed by atoms with E-state index in [9.17, 15) is 24.0 Å². The summed E-state index contributed by atoms with van der Waals surface area (Å²) in [6.45, 7) is 0. The Kier molecular flexibility index (Phi) is 6.00. The van der Waals surface area contributed by atoms with Gasteiger partial charge in [-0.2, -0.15) is 5.26 Å². The largest absolute Gasteiger partial charge is 0.386 e. The van der Waals surface area contributed by atoms with E-state index in [1.54, 1.807) is 12.1 Å². The van der Waals surface area contributed by atoms with Crippen LogP contribution in [0, 0.1) is 17.1 Å². The number of halogens is 2. The quantitative estimate of drug-likeness (QED) is 0.401. The van der Waals surface area contributed by atoms with Crippen LogP contribution in [0.5, 0.6) is 0 Å². The molecule has 166 valence electrons. The van der Waals surface area contributed by atoms with E-state index >= 15 is 0 Å². The van der Waals surface area contributed by atoms with Crippen molar-refractivity contribution in [3.05, 3.63) is 90.0 Å². The van der Waals surface area contributed by atoms with Gasteiger partial charge in [-0.15, -0.1) is 11.3 Å². The molecule has 0 aliphatic carbocycles. The molecule has 2 heterocycles. The van der Waals surface area contributed by atoms with Gasteiger partial charge in [0.1, 0.15) is 5.82 Å². The molecule has 0 spiro atoms. The molecule has 0 bridgehead atoms. The maximum absolute atomic E-state index is 14.2. The highest BCUT2D eigenvalue weighted by molar-refractivity contribution is 7.16. The molecule has 0 aliphatic heterocycles. The lowest BCUT2D eigenvalue weighted by atomic mass is 10.1. The third-order valence-electron chi connectivity index (χ3n) is 4.93. The molecule has 3 N–H and O–H groups in total. The van der Waals surface area contributed by atoms with Gasteiger partial charge in [-0.3, -0.25) is 9.59 Å². The second-order valence-corrected chi connectivity index (χ2v) is 8.67. The molecule has 4 rings (SSSR count). The average molecular weight is 484 g/mol. The van der Waals surface area contributed by atoms with Crippen molar-refractivity contribution in [2.24, 2.45) is 0 Å². The van der Waals surface area contributed by atoms with E-state index < -0.39 is 29.0 Å². The average Bonchev–Trinajstić information content (AvgIpc) is 3.24. The van der Waals surface area contributed by atoms with Gasteiger partial charge in [0, 0.05) is 17.5 Å². The van der Waals surface area contributed by atoms with Gasteiger partial charge in [0.05, 0.1) is 32.7 Å². The molecule has 33 heavy (non-hydrogen) atoms. The van der Waals surface area contributed by atoms with Crippen molar-refractivity contribution in [2.75, 3.05) is 12.4 Å². The summed E-state index contributed by atoms with van der Waals surface area (Å²) in [4.78, 5) is 41.2. The Hall–Kier alpha value is -3.94. The van der Waals surface area contributed by atoms with E-state index in [2.05, 4.69) is 15.6 Å². The van der Waals surface area contributed by atoms with Crippen molar-refractivity contribution in [2.45, 2.75) is 6.04 Å². The smallest absolute Gasteiger partial charge is 0.333 e. The first-order chi connectivity index (χ1) is 15.8. The number of nitrogens with zero attached hydrogens (tertiary/aromatic N) is 2. The summed E-state index contributed by atoms with van der Waals surface area (Å²) in [5, 5.41) is 14.6. The minimum Gasteiger partial charge on any atom is -0.386 e. The van der Waals surface area contributed by atoms with Crippen molar-refractivity contribution in [3.63, 3.8) is 0 Å². The van der Waals surface area contributed by atoms with Crippen LogP contribution in [0.3, 0.4) is 0 Å². The molecule has 0 fully saturated rings. The molecular formula is C22H15ClFN5O3S. The summed E-state index contributed by atoms with van der Waals surface area (Å²) in [6.07, 6.45) is 0. The lowest BCUT2D eigenvalue weighted by molar-refractivity contribution is 0.0945. The van der Waals surface area contributed by atoms with Gasteiger partial charge < -0.3 is 15.6 Å². The minimum absolute atomic E-state index is 0.000565. The van der Waals surface area contributed by atoms with Gasteiger partial charge in [0.25, 0.3) is 11.5 Å². The molecule has 1 unspecified atom stereocenters. The number of hydrogen-bond acceptors (Lipinski definition) is 6. The Labute approximate surface area is 194 Å². The number of aromatic amines is 1. The van der Waals surface area contributed by atoms with Crippen LogP contribution >= 0.6 is 22.9 Å². The summed E-state index contributed by atoms with van der Waals surface area (Å²) in [5.74, 6) is -1.15. The summed E-state index contributed by atoms with van der Waals surface area (Å²) in [5.41, 5.74) is -0.661. The normalized spacial score (nSPS) is 11.7. The van der Waals surface area contributed by atoms with Crippen LogP contribution < -0.4 is 21.9 Å². The van der Waals surface area contributed by atoms with E-state index in [4.69, 9.17) is 11.6 Å². The standard InChI is InChI=1S/C22H15ClFN5O3S/c1-26-16-9-15-13(8-14(16)24)21(31)29(22(32)28-15)12-4-2-11(3-5-12)20(30)27-17(10-25)18-6-7-19(23)33-18/h2-9,17,26H,1H3,(H,27,30)(H,28,32). The number of amides is 1. The summed E-state index contributed by atoms with van der Waals surface area (Å²) < 4.78 is 15.5. The van der Waals surface area contributed by atoms with Crippen molar-refractivity contribution in [1.82, 2.24) is 14.9 Å². The topological polar surface area (TPSA) is 120 Å². The van der Waals surface area contributed by atoms with E-state index in [1.165, 1.54) is 48.7 Å². The molecule has 0 aliphatic rings. The highest BCUT2D eigenvalue weighted by Gasteiger charge is 2.18. The van der Waals surface area contributed by atoms with E-state index in [0.29, 0.717) is 9.21 Å². The zero-order valence-corrected chi connectivity index (χ0v) is 18.6. The Morgan fingerprint density at radius 3 is 2.55 bits per heavy atom.